The predicted molar refractivity (Wildman–Crippen MR) is 57.5 cm³/mol. The Morgan fingerprint density at radius 1 is 1.24 bits per heavy atom. The van der Waals surface area contributed by atoms with Crippen LogP contribution in [0.5, 0.6) is 5.75 Å². The molecule has 116 valence electrons. The van der Waals surface area contributed by atoms with Crippen molar-refractivity contribution in [3.05, 3.63) is 29.3 Å². The molecule has 0 saturated heterocycles. The number of ether oxygens (including phenoxy) is 1. The lowest BCUT2D eigenvalue weighted by atomic mass is 10.0. The van der Waals surface area contributed by atoms with Crippen LogP contribution in [0.2, 0.25) is 0 Å². The number of hydrogen-bond acceptors (Lipinski definition) is 3. The van der Waals surface area contributed by atoms with Crippen LogP contribution in [0.1, 0.15) is 11.6 Å². The molecule has 1 amide bonds. The summed E-state index contributed by atoms with van der Waals surface area (Å²) in [5, 5.41) is 9.78. The lowest BCUT2D eigenvalue weighted by Crippen LogP contribution is -2.42. The lowest BCUT2D eigenvalue weighted by Gasteiger charge is -2.17. The van der Waals surface area contributed by atoms with E-state index in [1.807, 2.05) is 0 Å². The zero-order chi connectivity index (χ0) is 16.4. The third-order valence-electron chi connectivity index (χ3n) is 2.36. The minimum Gasteiger partial charge on any atom is -0.497 e. The third kappa shape index (κ3) is 3.80. The molecule has 0 spiro atoms. The summed E-state index contributed by atoms with van der Waals surface area (Å²) in [7, 11) is 1.08. The number of nitrogens with one attached hydrogen (secondary N) is 1. The van der Waals surface area contributed by atoms with Crippen LogP contribution in [0.25, 0.3) is 0 Å². The van der Waals surface area contributed by atoms with E-state index in [1.54, 1.807) is 0 Å². The zero-order valence-electron chi connectivity index (χ0n) is 10.3. The van der Waals surface area contributed by atoms with E-state index in [2.05, 4.69) is 4.74 Å². The van der Waals surface area contributed by atoms with E-state index in [9.17, 15) is 31.5 Å². The Morgan fingerprint density at radius 2 is 1.71 bits per heavy atom. The number of carbonyl (C=O) groups is 2. The highest BCUT2D eigenvalue weighted by molar-refractivity contribution is 5.87. The van der Waals surface area contributed by atoms with Crippen molar-refractivity contribution in [2.75, 3.05) is 7.11 Å². The fraction of sp³-hybridized carbons (Fsp3) is 0.273. The summed E-state index contributed by atoms with van der Waals surface area (Å²) in [5.74, 6) is -7.94. The molecule has 0 aliphatic carbocycles. The van der Waals surface area contributed by atoms with Crippen molar-refractivity contribution < 1.29 is 41.4 Å². The second-order valence-electron chi connectivity index (χ2n) is 3.75. The van der Waals surface area contributed by atoms with Crippen molar-refractivity contribution >= 4 is 11.9 Å². The van der Waals surface area contributed by atoms with Crippen molar-refractivity contribution in [3.63, 3.8) is 0 Å². The minimum atomic E-state index is -5.40. The fourth-order valence-electron chi connectivity index (χ4n) is 1.42. The second kappa shape index (κ2) is 5.94. The Kier molecular flexibility index (Phi) is 4.71. The quantitative estimate of drug-likeness (QED) is 0.831. The summed E-state index contributed by atoms with van der Waals surface area (Å²) in [6.07, 6.45) is -5.40. The highest BCUT2D eigenvalue weighted by atomic mass is 19.4. The molecule has 1 rings (SSSR count). The highest BCUT2D eigenvalue weighted by Gasteiger charge is 2.42. The lowest BCUT2D eigenvalue weighted by molar-refractivity contribution is -0.175. The van der Waals surface area contributed by atoms with Gasteiger partial charge in [0.15, 0.2) is 6.04 Å². The summed E-state index contributed by atoms with van der Waals surface area (Å²) in [4.78, 5) is 21.6. The van der Waals surface area contributed by atoms with Crippen LogP contribution in [0, 0.1) is 11.6 Å². The molecule has 21 heavy (non-hydrogen) atoms. The Hall–Kier alpha value is -2.39. The van der Waals surface area contributed by atoms with E-state index in [-0.39, 0.29) is 5.75 Å². The molecule has 1 atom stereocenters. The van der Waals surface area contributed by atoms with Gasteiger partial charge in [-0.3, -0.25) is 4.79 Å². The fourth-order valence-corrected chi connectivity index (χ4v) is 1.42. The number of rotatable bonds is 4. The number of benzene rings is 1. The van der Waals surface area contributed by atoms with Gasteiger partial charge >= 0.3 is 18.1 Å². The SMILES string of the molecule is COc1cc(F)c(C(NC(=O)C(F)(F)F)C(=O)O)c(F)c1. The number of aliphatic carboxylic acids is 1. The predicted octanol–water partition coefficient (Wildman–Crippen LogP) is 1.78. The van der Waals surface area contributed by atoms with Gasteiger partial charge in [0.2, 0.25) is 0 Å². The molecule has 0 fully saturated rings. The van der Waals surface area contributed by atoms with Gasteiger partial charge in [-0.15, -0.1) is 0 Å². The molecule has 1 aromatic rings. The molecule has 0 saturated carbocycles. The largest absolute Gasteiger partial charge is 0.497 e. The molecular weight excluding hydrogens is 305 g/mol. The first-order valence-electron chi connectivity index (χ1n) is 5.21. The molecule has 0 bridgehead atoms. The minimum absolute atomic E-state index is 0.306. The average Bonchev–Trinajstić information content (AvgIpc) is 2.34. The molecule has 0 radical (unpaired) electrons. The van der Waals surface area contributed by atoms with Crippen LogP contribution in [-0.2, 0) is 9.59 Å². The molecule has 10 heteroatoms. The highest BCUT2D eigenvalue weighted by Crippen LogP contribution is 2.27. The molecule has 0 aliphatic rings. The van der Waals surface area contributed by atoms with Gasteiger partial charge in [0, 0.05) is 12.1 Å². The number of alkyl halides is 3. The monoisotopic (exact) mass is 313 g/mol. The van der Waals surface area contributed by atoms with Crippen LogP contribution in [0.3, 0.4) is 0 Å². The van der Waals surface area contributed by atoms with Crippen LogP contribution < -0.4 is 10.1 Å². The summed E-state index contributed by atoms with van der Waals surface area (Å²) < 4.78 is 68.1. The van der Waals surface area contributed by atoms with E-state index >= 15 is 0 Å². The topological polar surface area (TPSA) is 75.6 Å². The van der Waals surface area contributed by atoms with E-state index in [0.29, 0.717) is 12.1 Å². The van der Waals surface area contributed by atoms with E-state index in [4.69, 9.17) is 5.11 Å². The Balaban J connectivity index is 3.25. The van der Waals surface area contributed by atoms with Crippen LogP contribution >= 0.6 is 0 Å². The second-order valence-corrected chi connectivity index (χ2v) is 3.75. The Morgan fingerprint density at radius 3 is 2.05 bits per heavy atom. The number of carbonyl (C=O) groups excluding carboxylic acids is 1. The van der Waals surface area contributed by atoms with Gasteiger partial charge in [-0.05, 0) is 0 Å². The standard InChI is InChI=1S/C11H8F5NO4/c1-21-4-2-5(12)7(6(13)3-4)8(9(18)19)17-10(20)11(14,15)16/h2-3,8H,1H3,(H,17,20)(H,18,19). The Bertz CT molecular complexity index is 549. The summed E-state index contributed by atoms with van der Waals surface area (Å²) in [6, 6.07) is -1.38. The molecule has 5 nitrogen and oxygen atoms in total. The van der Waals surface area contributed by atoms with Gasteiger partial charge in [-0.2, -0.15) is 13.2 Å². The molecule has 2 N–H and O–H groups in total. The van der Waals surface area contributed by atoms with Gasteiger partial charge < -0.3 is 15.2 Å². The number of carboxylic acid groups (broad SMARTS) is 1. The van der Waals surface area contributed by atoms with Crippen molar-refractivity contribution in [2.45, 2.75) is 12.2 Å². The van der Waals surface area contributed by atoms with Crippen molar-refractivity contribution in [1.82, 2.24) is 5.32 Å². The maximum Gasteiger partial charge on any atom is 0.471 e. The van der Waals surface area contributed by atoms with Gasteiger partial charge in [0.05, 0.1) is 12.7 Å². The van der Waals surface area contributed by atoms with Gasteiger partial charge in [-0.1, -0.05) is 0 Å². The first-order valence-corrected chi connectivity index (χ1v) is 5.21. The number of amides is 1. The van der Waals surface area contributed by atoms with E-state index < -0.39 is 41.3 Å². The summed E-state index contributed by atoms with van der Waals surface area (Å²) >= 11 is 0. The van der Waals surface area contributed by atoms with E-state index in [0.717, 1.165) is 12.4 Å². The summed E-state index contributed by atoms with van der Waals surface area (Å²) in [5.41, 5.74) is -1.24. The maximum absolute atomic E-state index is 13.6. The molecular formula is C11H8F5NO4. The van der Waals surface area contributed by atoms with E-state index in [1.165, 1.54) is 0 Å². The van der Waals surface area contributed by atoms with Crippen LogP contribution in [0.15, 0.2) is 12.1 Å². The normalized spacial score (nSPS) is 12.7. The molecule has 1 unspecified atom stereocenters. The number of hydrogen-bond donors (Lipinski definition) is 2. The van der Waals surface area contributed by atoms with Crippen LogP contribution in [-0.4, -0.2) is 30.3 Å². The number of methoxy groups -OCH3 is 1. The van der Waals surface area contributed by atoms with Crippen LogP contribution in [0.4, 0.5) is 22.0 Å². The van der Waals surface area contributed by atoms with Gasteiger partial charge in [-0.25, -0.2) is 13.6 Å². The third-order valence-corrected chi connectivity index (χ3v) is 2.36. The first-order chi connectivity index (χ1) is 9.57. The Labute approximate surface area is 114 Å². The number of halogens is 5. The first kappa shape index (κ1) is 16.7. The van der Waals surface area contributed by atoms with Crippen molar-refractivity contribution in [3.8, 4) is 5.75 Å². The maximum atomic E-state index is 13.6. The average molecular weight is 313 g/mol. The molecule has 0 aromatic heterocycles. The molecule has 1 aromatic carbocycles. The molecule has 0 aliphatic heterocycles. The van der Waals surface area contributed by atoms with Gasteiger partial charge in [0.25, 0.3) is 0 Å². The molecule has 0 heterocycles. The summed E-state index contributed by atoms with van der Waals surface area (Å²) in [6.45, 7) is 0. The zero-order valence-corrected chi connectivity index (χ0v) is 10.3. The smallest absolute Gasteiger partial charge is 0.471 e. The van der Waals surface area contributed by atoms with Gasteiger partial charge in [0.1, 0.15) is 17.4 Å². The number of carboxylic acids is 1. The van der Waals surface area contributed by atoms with Crippen molar-refractivity contribution in [2.24, 2.45) is 0 Å². The van der Waals surface area contributed by atoms with Crippen molar-refractivity contribution in [1.29, 1.82) is 0 Å².